The van der Waals surface area contributed by atoms with Gasteiger partial charge in [-0.3, -0.25) is 0 Å². The van der Waals surface area contributed by atoms with Crippen molar-refractivity contribution in [2.24, 2.45) is 0 Å². The van der Waals surface area contributed by atoms with E-state index < -0.39 is 32.3 Å². The zero-order valence-corrected chi connectivity index (χ0v) is 28.3. The lowest BCUT2D eigenvalue weighted by Gasteiger charge is -2.28. The molecule has 1 aliphatic rings. The van der Waals surface area contributed by atoms with E-state index in [0.29, 0.717) is 44.2 Å². The van der Waals surface area contributed by atoms with Crippen molar-refractivity contribution in [1.29, 1.82) is 0 Å². The van der Waals surface area contributed by atoms with Crippen molar-refractivity contribution in [3.05, 3.63) is 97.1 Å². The van der Waals surface area contributed by atoms with Crippen molar-refractivity contribution in [2.75, 3.05) is 40.8 Å². The first-order valence-electron chi connectivity index (χ1n) is 14.7. The molecule has 45 heavy (non-hydrogen) atoms. The fraction of sp³-hybridized carbons (Fsp3) is 0.314. The molecule has 0 unspecified atom stereocenters. The molecule has 5 rings (SSSR count). The normalized spacial score (nSPS) is 17.9. The van der Waals surface area contributed by atoms with Crippen LogP contribution in [0.25, 0.3) is 0 Å². The molecule has 0 aliphatic carbocycles. The van der Waals surface area contributed by atoms with Gasteiger partial charge in [-0.15, -0.1) is 0 Å². The summed E-state index contributed by atoms with van der Waals surface area (Å²) >= 11 is 0. The second-order valence-corrected chi connectivity index (χ2v) is 17.1. The van der Waals surface area contributed by atoms with Crippen LogP contribution in [0.5, 0.6) is 23.0 Å². The molecule has 8 nitrogen and oxygen atoms in total. The van der Waals surface area contributed by atoms with E-state index >= 15 is 9.13 Å². The Labute approximate surface area is 265 Å². The molecule has 1 heterocycles. The number of benzene rings is 4. The minimum atomic E-state index is -3.30. The van der Waals surface area contributed by atoms with Gasteiger partial charge in [0.2, 0.25) is 0 Å². The van der Waals surface area contributed by atoms with Crippen molar-refractivity contribution >= 4 is 35.5 Å². The van der Waals surface area contributed by atoms with Crippen LogP contribution in [0.2, 0.25) is 0 Å². The van der Waals surface area contributed by atoms with Gasteiger partial charge in [-0.2, -0.15) is 0 Å². The summed E-state index contributed by atoms with van der Waals surface area (Å²) in [4.78, 5) is 0. The van der Waals surface area contributed by atoms with Crippen molar-refractivity contribution < 1.29 is 37.6 Å². The van der Waals surface area contributed by atoms with E-state index in [1.807, 2.05) is 62.4 Å². The summed E-state index contributed by atoms with van der Waals surface area (Å²) in [6.45, 7) is 3.66. The molecule has 0 spiro atoms. The third-order valence-corrected chi connectivity index (χ3v) is 14.4. The lowest BCUT2D eigenvalue weighted by molar-refractivity contribution is -0.142. The van der Waals surface area contributed by atoms with Gasteiger partial charge in [0.05, 0.1) is 40.6 Å². The number of hydrogen-bond acceptors (Lipinski definition) is 8. The highest BCUT2D eigenvalue weighted by molar-refractivity contribution is 7.79. The van der Waals surface area contributed by atoms with Crippen molar-refractivity contribution in [3.8, 4) is 23.0 Å². The summed E-state index contributed by atoms with van der Waals surface area (Å²) < 4.78 is 64.9. The Hall–Kier alpha value is -3.54. The number of ether oxygens (including phenoxy) is 6. The molecule has 4 aromatic carbocycles. The third kappa shape index (κ3) is 7.00. The van der Waals surface area contributed by atoms with Gasteiger partial charge in [-0.05, 0) is 111 Å². The predicted octanol–water partition coefficient (Wildman–Crippen LogP) is 5.57. The van der Waals surface area contributed by atoms with Crippen LogP contribution in [0.1, 0.15) is 13.8 Å². The fourth-order valence-electron chi connectivity index (χ4n) is 5.74. The van der Waals surface area contributed by atoms with Gasteiger partial charge < -0.3 is 37.6 Å². The molecular weight excluding hydrogens is 610 g/mol. The van der Waals surface area contributed by atoms with Crippen molar-refractivity contribution in [2.45, 2.75) is 31.8 Å². The van der Waals surface area contributed by atoms with E-state index in [-0.39, 0.29) is 12.3 Å². The highest BCUT2D eigenvalue weighted by Crippen LogP contribution is 2.51. The minimum Gasteiger partial charge on any atom is -0.497 e. The van der Waals surface area contributed by atoms with Crippen LogP contribution in [-0.2, 0) is 18.6 Å². The lowest BCUT2D eigenvalue weighted by atomic mass is 10.2. The van der Waals surface area contributed by atoms with Gasteiger partial charge in [-0.25, -0.2) is 0 Å². The number of methoxy groups -OCH3 is 4. The summed E-state index contributed by atoms with van der Waals surface area (Å²) in [6, 6.07) is 29.1. The molecule has 0 bridgehead atoms. The molecule has 0 radical (unpaired) electrons. The highest BCUT2D eigenvalue weighted by Gasteiger charge is 2.48. The molecule has 2 atom stereocenters. The molecule has 0 aromatic heterocycles. The molecule has 0 amide bonds. The average molecular weight is 651 g/mol. The molecule has 238 valence electrons. The summed E-state index contributed by atoms with van der Waals surface area (Å²) in [5.41, 5.74) is 0. The van der Waals surface area contributed by atoms with Gasteiger partial charge in [0.1, 0.15) is 37.3 Å². The van der Waals surface area contributed by atoms with E-state index in [4.69, 9.17) is 28.4 Å². The van der Waals surface area contributed by atoms with E-state index in [2.05, 4.69) is 0 Å². The second-order valence-electron chi connectivity index (χ2n) is 11.3. The first-order chi connectivity index (χ1) is 21.5. The summed E-state index contributed by atoms with van der Waals surface area (Å²) in [6.07, 6.45) is -0.963. The summed E-state index contributed by atoms with van der Waals surface area (Å²) in [5, 5.41) is 2.64. The van der Waals surface area contributed by atoms with E-state index in [1.165, 1.54) is 0 Å². The van der Waals surface area contributed by atoms with Gasteiger partial charge >= 0.3 is 0 Å². The molecule has 1 fully saturated rings. The molecule has 10 heteroatoms. The lowest BCUT2D eigenvalue weighted by Crippen LogP contribution is -2.36. The van der Waals surface area contributed by atoms with Crippen molar-refractivity contribution in [1.82, 2.24) is 0 Å². The smallest absolute Gasteiger partial charge is 0.163 e. The van der Waals surface area contributed by atoms with Gasteiger partial charge in [0.15, 0.2) is 5.79 Å². The van der Waals surface area contributed by atoms with Crippen LogP contribution >= 0.6 is 14.3 Å². The van der Waals surface area contributed by atoms with Gasteiger partial charge in [0, 0.05) is 33.5 Å². The Kier molecular flexibility index (Phi) is 9.81. The Bertz CT molecular complexity index is 1440. The third-order valence-electron chi connectivity index (χ3n) is 8.12. The van der Waals surface area contributed by atoms with Gasteiger partial charge in [-0.1, -0.05) is 0 Å². The quantitative estimate of drug-likeness (QED) is 0.184. The fourth-order valence-corrected chi connectivity index (χ4v) is 11.3. The van der Waals surface area contributed by atoms with Crippen molar-refractivity contribution in [3.63, 3.8) is 0 Å². The Balaban J connectivity index is 1.56. The van der Waals surface area contributed by atoms with Crippen LogP contribution in [0.15, 0.2) is 97.1 Å². The largest absolute Gasteiger partial charge is 0.497 e. The maximum absolute atomic E-state index is 15.3. The topological polar surface area (TPSA) is 89.5 Å². The average Bonchev–Trinajstić information content (AvgIpc) is 3.35. The Morgan fingerprint density at radius 1 is 0.489 bits per heavy atom. The monoisotopic (exact) mass is 650 g/mol. The second kappa shape index (κ2) is 13.4. The molecule has 0 N–H and O–H groups in total. The Morgan fingerprint density at radius 3 is 0.911 bits per heavy atom. The van der Waals surface area contributed by atoms with Crippen LogP contribution in [0, 0.1) is 0 Å². The minimum absolute atomic E-state index is 0.144. The van der Waals surface area contributed by atoms with E-state index in [9.17, 15) is 0 Å². The molecule has 1 aliphatic heterocycles. The number of hydrogen-bond donors (Lipinski definition) is 0. The Morgan fingerprint density at radius 2 is 0.711 bits per heavy atom. The SMILES string of the molecule is COc1ccc(P(=O)(C[C@@H]2OC(C)(C)O[C@H]2CP(=O)(c2ccc(OC)cc2)c2ccc(OC)cc2)c2ccc(OC)cc2)cc1. The molecule has 4 aromatic rings. The first-order valence-corrected chi connectivity index (χ1v) is 18.4. The van der Waals surface area contributed by atoms with Crippen LogP contribution < -0.4 is 40.2 Å². The van der Waals surface area contributed by atoms with E-state index in [0.717, 1.165) is 0 Å². The summed E-state index contributed by atoms with van der Waals surface area (Å²) in [5.74, 6) is 1.68. The predicted molar refractivity (Wildman–Crippen MR) is 179 cm³/mol. The maximum Gasteiger partial charge on any atom is 0.163 e. The zero-order chi connectivity index (χ0) is 32.2. The summed E-state index contributed by atoms with van der Waals surface area (Å²) in [7, 11) is -0.212. The maximum atomic E-state index is 15.3. The molecular formula is C35H40O8P2. The standard InChI is InChI=1S/C35H40O8P2/c1-35(2)42-33(23-44(36,29-15-7-25(38-3)8-16-29)30-17-9-26(39-4)10-18-30)34(43-35)24-45(37,31-19-11-27(40-5)12-20-31)32-21-13-28(41-6)14-22-32/h7-22,33-34H,23-24H2,1-6H3/t33-,34-/m0/s1. The zero-order valence-electron chi connectivity index (χ0n) is 26.5. The highest BCUT2D eigenvalue weighted by atomic mass is 31.2. The number of rotatable bonds is 12. The van der Waals surface area contributed by atoms with Gasteiger partial charge in [0.25, 0.3) is 0 Å². The first kappa shape index (κ1) is 32.8. The van der Waals surface area contributed by atoms with Crippen LogP contribution in [-0.4, -0.2) is 58.8 Å². The molecule has 1 saturated heterocycles. The van der Waals surface area contributed by atoms with Crippen LogP contribution in [0.4, 0.5) is 0 Å². The molecule has 0 saturated carbocycles. The van der Waals surface area contributed by atoms with E-state index in [1.54, 1.807) is 77.0 Å². The van der Waals surface area contributed by atoms with Crippen LogP contribution in [0.3, 0.4) is 0 Å².